The average Bonchev–Trinajstić information content (AvgIpc) is 2.16. The molecule has 0 radical (unpaired) electrons. The number of hydrogen-bond acceptors (Lipinski definition) is 2. The number of aliphatic hydroxyl groups excluding tert-OH is 1. The number of benzene rings is 1. The van der Waals surface area contributed by atoms with Crippen LogP contribution in [-0.2, 0) is 6.18 Å². The normalized spacial score (nSPS) is 13.9. The van der Waals surface area contributed by atoms with Crippen molar-refractivity contribution in [3.63, 3.8) is 0 Å². The van der Waals surface area contributed by atoms with Gasteiger partial charge in [0.1, 0.15) is 0 Å². The Morgan fingerprint density at radius 2 is 1.94 bits per heavy atom. The van der Waals surface area contributed by atoms with Gasteiger partial charge in [0.05, 0.1) is 11.7 Å². The van der Waals surface area contributed by atoms with Gasteiger partial charge in [-0.2, -0.15) is 13.2 Å². The van der Waals surface area contributed by atoms with Gasteiger partial charge in [-0.05, 0) is 36.7 Å². The van der Waals surface area contributed by atoms with E-state index in [1.807, 2.05) is 0 Å². The zero-order valence-corrected chi connectivity index (χ0v) is 9.02. The van der Waals surface area contributed by atoms with Gasteiger partial charge >= 0.3 is 6.18 Å². The minimum Gasteiger partial charge on any atom is -0.388 e. The summed E-state index contributed by atoms with van der Waals surface area (Å²) in [5.74, 6) is 0. The third-order valence-corrected chi connectivity index (χ3v) is 2.29. The van der Waals surface area contributed by atoms with Crippen LogP contribution in [0.5, 0.6) is 0 Å². The van der Waals surface area contributed by atoms with Crippen LogP contribution in [0.3, 0.4) is 0 Å². The predicted molar refractivity (Wildman–Crippen MR) is 55.1 cm³/mol. The van der Waals surface area contributed by atoms with E-state index >= 15 is 0 Å². The first kappa shape index (κ1) is 13.3. The summed E-state index contributed by atoms with van der Waals surface area (Å²) in [6, 6.07) is 3.00. The molecule has 0 saturated carbocycles. The number of halogens is 4. The fraction of sp³-hybridized carbons (Fsp3) is 0.400. The van der Waals surface area contributed by atoms with Crippen LogP contribution in [0.4, 0.5) is 13.2 Å². The molecule has 0 bridgehead atoms. The van der Waals surface area contributed by atoms with Crippen LogP contribution in [0.15, 0.2) is 18.2 Å². The van der Waals surface area contributed by atoms with E-state index in [1.165, 1.54) is 6.07 Å². The van der Waals surface area contributed by atoms with Gasteiger partial charge < -0.3 is 10.8 Å². The molecule has 0 aliphatic heterocycles. The van der Waals surface area contributed by atoms with E-state index in [-0.39, 0.29) is 23.6 Å². The molecule has 3 N–H and O–H groups in total. The molecule has 6 heteroatoms. The van der Waals surface area contributed by atoms with Crippen LogP contribution in [0, 0.1) is 0 Å². The lowest BCUT2D eigenvalue weighted by molar-refractivity contribution is -0.137. The van der Waals surface area contributed by atoms with Crippen molar-refractivity contribution in [3.8, 4) is 0 Å². The second kappa shape index (κ2) is 5.03. The maximum atomic E-state index is 12.4. The Balaban J connectivity index is 3.08. The highest BCUT2D eigenvalue weighted by Crippen LogP contribution is 2.33. The molecule has 1 aromatic rings. The van der Waals surface area contributed by atoms with Crippen LogP contribution in [-0.4, -0.2) is 11.7 Å². The summed E-state index contributed by atoms with van der Waals surface area (Å²) in [7, 11) is 0. The first-order valence-electron chi connectivity index (χ1n) is 4.60. The molecule has 0 unspecified atom stereocenters. The summed E-state index contributed by atoms with van der Waals surface area (Å²) < 4.78 is 37.3. The first-order chi connectivity index (χ1) is 7.34. The highest BCUT2D eigenvalue weighted by molar-refractivity contribution is 6.30. The van der Waals surface area contributed by atoms with Crippen molar-refractivity contribution in [3.05, 3.63) is 34.3 Å². The second-order valence-corrected chi connectivity index (χ2v) is 3.80. The van der Waals surface area contributed by atoms with Gasteiger partial charge in [0.15, 0.2) is 0 Å². The standard InChI is InChI=1S/C10H11ClF3NO/c11-8-4-6(9(16)1-2-15)3-7(5-8)10(12,13)14/h3-5,9,16H,1-2,15H2/t9-/m1/s1. The number of hydrogen-bond donors (Lipinski definition) is 2. The molecule has 90 valence electrons. The number of alkyl halides is 3. The van der Waals surface area contributed by atoms with Crippen LogP contribution >= 0.6 is 11.6 Å². The van der Waals surface area contributed by atoms with E-state index in [1.54, 1.807) is 0 Å². The van der Waals surface area contributed by atoms with Crippen molar-refractivity contribution in [2.75, 3.05) is 6.54 Å². The third kappa shape index (κ3) is 3.37. The lowest BCUT2D eigenvalue weighted by atomic mass is 10.0. The van der Waals surface area contributed by atoms with E-state index in [9.17, 15) is 18.3 Å². The first-order valence-corrected chi connectivity index (χ1v) is 4.98. The van der Waals surface area contributed by atoms with E-state index in [0.29, 0.717) is 0 Å². The van der Waals surface area contributed by atoms with Crippen molar-refractivity contribution in [2.45, 2.75) is 18.7 Å². The Morgan fingerprint density at radius 1 is 1.31 bits per heavy atom. The number of rotatable bonds is 3. The highest BCUT2D eigenvalue weighted by Gasteiger charge is 2.31. The van der Waals surface area contributed by atoms with Gasteiger partial charge in [-0.25, -0.2) is 0 Å². The molecule has 16 heavy (non-hydrogen) atoms. The smallest absolute Gasteiger partial charge is 0.388 e. The third-order valence-electron chi connectivity index (χ3n) is 2.07. The fourth-order valence-corrected chi connectivity index (χ4v) is 1.54. The zero-order chi connectivity index (χ0) is 12.3. The predicted octanol–water partition coefficient (Wildman–Crippen LogP) is 2.74. The molecular formula is C10H11ClF3NO. The molecular weight excluding hydrogens is 243 g/mol. The molecule has 1 aromatic carbocycles. The summed E-state index contributed by atoms with van der Waals surface area (Å²) in [4.78, 5) is 0. The molecule has 0 saturated heterocycles. The van der Waals surface area contributed by atoms with Crippen molar-refractivity contribution in [2.24, 2.45) is 5.73 Å². The van der Waals surface area contributed by atoms with Gasteiger partial charge in [0.2, 0.25) is 0 Å². The summed E-state index contributed by atoms with van der Waals surface area (Å²) in [6.45, 7) is 0.190. The molecule has 0 aromatic heterocycles. The molecule has 0 amide bonds. The highest BCUT2D eigenvalue weighted by atomic mass is 35.5. The van der Waals surface area contributed by atoms with Gasteiger partial charge in [-0.15, -0.1) is 0 Å². The molecule has 1 rings (SSSR count). The fourth-order valence-electron chi connectivity index (χ4n) is 1.29. The summed E-state index contributed by atoms with van der Waals surface area (Å²) in [5.41, 5.74) is 4.47. The topological polar surface area (TPSA) is 46.2 Å². The van der Waals surface area contributed by atoms with Crippen molar-refractivity contribution < 1.29 is 18.3 Å². The van der Waals surface area contributed by atoms with Gasteiger partial charge in [0, 0.05) is 5.02 Å². The molecule has 0 aliphatic carbocycles. The van der Waals surface area contributed by atoms with Crippen molar-refractivity contribution in [1.82, 2.24) is 0 Å². The molecule has 2 nitrogen and oxygen atoms in total. The average molecular weight is 254 g/mol. The molecule has 0 fully saturated rings. The summed E-state index contributed by atoms with van der Waals surface area (Å²) in [6.07, 6.45) is -5.30. The van der Waals surface area contributed by atoms with E-state index in [2.05, 4.69) is 0 Å². The zero-order valence-electron chi connectivity index (χ0n) is 8.26. The Bertz CT molecular complexity index is 368. The van der Waals surface area contributed by atoms with Crippen LogP contribution in [0.25, 0.3) is 0 Å². The van der Waals surface area contributed by atoms with E-state index in [0.717, 1.165) is 12.1 Å². The van der Waals surface area contributed by atoms with E-state index < -0.39 is 17.8 Å². The quantitative estimate of drug-likeness (QED) is 0.870. The summed E-state index contributed by atoms with van der Waals surface area (Å²) >= 11 is 5.56. The Kier molecular flexibility index (Phi) is 4.18. The van der Waals surface area contributed by atoms with Crippen LogP contribution in [0.1, 0.15) is 23.7 Å². The maximum Gasteiger partial charge on any atom is 0.416 e. The maximum absolute atomic E-state index is 12.4. The Labute approximate surface area is 95.8 Å². The number of aliphatic hydroxyl groups is 1. The monoisotopic (exact) mass is 253 g/mol. The van der Waals surface area contributed by atoms with Crippen molar-refractivity contribution >= 4 is 11.6 Å². The summed E-state index contributed by atoms with van der Waals surface area (Å²) in [5, 5.41) is 9.47. The molecule has 0 spiro atoms. The van der Waals surface area contributed by atoms with Gasteiger partial charge in [-0.3, -0.25) is 0 Å². The SMILES string of the molecule is NCC[C@@H](O)c1cc(Cl)cc(C(F)(F)F)c1. The lowest BCUT2D eigenvalue weighted by Crippen LogP contribution is -2.10. The van der Waals surface area contributed by atoms with Gasteiger partial charge in [-0.1, -0.05) is 11.6 Å². The molecule has 0 heterocycles. The largest absolute Gasteiger partial charge is 0.416 e. The minimum absolute atomic E-state index is 0.0547. The molecule has 0 aliphatic rings. The second-order valence-electron chi connectivity index (χ2n) is 3.36. The van der Waals surface area contributed by atoms with Crippen molar-refractivity contribution in [1.29, 1.82) is 0 Å². The Hall–Kier alpha value is -0.780. The molecule has 1 atom stereocenters. The van der Waals surface area contributed by atoms with E-state index in [4.69, 9.17) is 17.3 Å². The van der Waals surface area contributed by atoms with Crippen LogP contribution < -0.4 is 5.73 Å². The minimum atomic E-state index is -4.47. The number of nitrogens with two attached hydrogens (primary N) is 1. The van der Waals surface area contributed by atoms with Gasteiger partial charge in [0.25, 0.3) is 0 Å². The van der Waals surface area contributed by atoms with Crippen LogP contribution in [0.2, 0.25) is 5.02 Å². The lowest BCUT2D eigenvalue weighted by Gasteiger charge is -2.13. The Morgan fingerprint density at radius 3 is 2.44 bits per heavy atom.